The predicted octanol–water partition coefficient (Wildman–Crippen LogP) is 2.37. The van der Waals surface area contributed by atoms with Gasteiger partial charge in [-0.2, -0.15) is 0 Å². The van der Waals surface area contributed by atoms with Crippen LogP contribution >= 0.6 is 0 Å². The summed E-state index contributed by atoms with van der Waals surface area (Å²) in [6, 6.07) is 6.47. The Hall–Kier alpha value is -1.62. The molecule has 5 heteroatoms. The monoisotopic (exact) mass is 222 g/mol. The first-order valence-electron chi connectivity index (χ1n) is 5.44. The number of nitro benzene ring substituents is 1. The predicted molar refractivity (Wildman–Crippen MR) is 59.1 cm³/mol. The molecule has 0 unspecified atom stereocenters. The second kappa shape index (κ2) is 4.94. The molecule has 5 nitrogen and oxygen atoms in total. The first-order valence-corrected chi connectivity index (χ1v) is 5.44. The van der Waals surface area contributed by atoms with E-state index in [0.29, 0.717) is 5.75 Å². The van der Waals surface area contributed by atoms with Gasteiger partial charge in [0.25, 0.3) is 0 Å². The molecule has 2 rings (SSSR count). The minimum absolute atomic E-state index is 0.0214. The molecule has 0 atom stereocenters. The van der Waals surface area contributed by atoms with Crippen molar-refractivity contribution in [1.82, 2.24) is 5.06 Å². The number of hydrogen-bond donors (Lipinski definition) is 0. The maximum absolute atomic E-state index is 10.8. The van der Waals surface area contributed by atoms with Crippen molar-refractivity contribution < 1.29 is 9.76 Å². The van der Waals surface area contributed by atoms with Crippen LogP contribution in [0, 0.1) is 10.1 Å². The Morgan fingerprint density at radius 3 is 2.56 bits per heavy atom. The van der Waals surface area contributed by atoms with Crippen LogP contribution < -0.4 is 4.84 Å². The van der Waals surface area contributed by atoms with Gasteiger partial charge in [-0.1, -0.05) is 18.6 Å². The van der Waals surface area contributed by atoms with Gasteiger partial charge in [0.2, 0.25) is 5.75 Å². The molecular formula is C11H14N2O3. The van der Waals surface area contributed by atoms with Gasteiger partial charge in [0.15, 0.2) is 0 Å². The highest BCUT2D eigenvalue weighted by Gasteiger charge is 2.18. The molecule has 1 aromatic rings. The van der Waals surface area contributed by atoms with Gasteiger partial charge in [0.05, 0.1) is 4.92 Å². The molecule has 1 aromatic carbocycles. The van der Waals surface area contributed by atoms with E-state index >= 15 is 0 Å². The van der Waals surface area contributed by atoms with Crippen LogP contribution in [0.25, 0.3) is 0 Å². The summed E-state index contributed by atoms with van der Waals surface area (Å²) in [7, 11) is 0. The molecule has 16 heavy (non-hydrogen) atoms. The second-order valence-electron chi connectivity index (χ2n) is 3.81. The van der Waals surface area contributed by atoms with E-state index in [-0.39, 0.29) is 5.69 Å². The minimum atomic E-state index is -0.417. The number of para-hydroxylation sites is 2. The van der Waals surface area contributed by atoms with E-state index in [4.69, 9.17) is 4.84 Å². The van der Waals surface area contributed by atoms with Crippen LogP contribution in [0.1, 0.15) is 19.3 Å². The lowest BCUT2D eigenvalue weighted by Gasteiger charge is -2.25. The number of nitrogens with zero attached hydrogens (tertiary/aromatic N) is 2. The van der Waals surface area contributed by atoms with Gasteiger partial charge in [0, 0.05) is 19.2 Å². The summed E-state index contributed by atoms with van der Waals surface area (Å²) in [5, 5.41) is 12.6. The van der Waals surface area contributed by atoms with E-state index in [9.17, 15) is 10.1 Å². The maximum Gasteiger partial charge on any atom is 0.313 e. The SMILES string of the molecule is O=[N+]([O-])c1ccccc1ON1CCCCC1. The van der Waals surface area contributed by atoms with Crippen molar-refractivity contribution in [2.75, 3.05) is 13.1 Å². The smallest absolute Gasteiger partial charge is 0.313 e. The zero-order valence-corrected chi connectivity index (χ0v) is 8.96. The number of benzene rings is 1. The zero-order chi connectivity index (χ0) is 11.4. The number of nitro groups is 1. The summed E-state index contributed by atoms with van der Waals surface area (Å²) in [6.07, 6.45) is 3.37. The molecule has 1 aliphatic heterocycles. The van der Waals surface area contributed by atoms with Crippen LogP contribution in [0.5, 0.6) is 5.75 Å². The molecule has 86 valence electrons. The quantitative estimate of drug-likeness (QED) is 0.582. The van der Waals surface area contributed by atoms with Crippen molar-refractivity contribution in [3.63, 3.8) is 0 Å². The third-order valence-electron chi connectivity index (χ3n) is 2.60. The third kappa shape index (κ3) is 2.49. The molecule has 1 heterocycles. The highest BCUT2D eigenvalue weighted by Crippen LogP contribution is 2.27. The summed E-state index contributed by atoms with van der Waals surface area (Å²) < 4.78 is 0. The van der Waals surface area contributed by atoms with E-state index in [0.717, 1.165) is 25.9 Å². The van der Waals surface area contributed by atoms with Gasteiger partial charge in [-0.05, 0) is 18.9 Å². The van der Waals surface area contributed by atoms with Crippen molar-refractivity contribution in [3.05, 3.63) is 34.4 Å². The maximum atomic E-state index is 10.8. The number of rotatable bonds is 3. The summed E-state index contributed by atoms with van der Waals surface area (Å²) in [5.41, 5.74) is 0.0214. The van der Waals surface area contributed by atoms with Crippen molar-refractivity contribution in [2.24, 2.45) is 0 Å². The Bertz CT molecular complexity index is 375. The van der Waals surface area contributed by atoms with Crippen LogP contribution in [-0.4, -0.2) is 23.1 Å². The Kier molecular flexibility index (Phi) is 3.36. The molecule has 0 N–H and O–H groups in total. The molecular weight excluding hydrogens is 208 g/mol. The van der Waals surface area contributed by atoms with Gasteiger partial charge in [-0.25, -0.2) is 0 Å². The summed E-state index contributed by atoms with van der Waals surface area (Å²) in [4.78, 5) is 15.9. The Morgan fingerprint density at radius 2 is 1.88 bits per heavy atom. The molecule has 0 saturated carbocycles. The van der Waals surface area contributed by atoms with Crippen molar-refractivity contribution in [2.45, 2.75) is 19.3 Å². The standard InChI is InChI=1S/C11H14N2O3/c14-13(15)10-6-2-3-7-11(10)16-12-8-4-1-5-9-12/h2-3,6-7H,1,4-5,8-9H2. The van der Waals surface area contributed by atoms with Gasteiger partial charge >= 0.3 is 5.69 Å². The fraction of sp³-hybridized carbons (Fsp3) is 0.455. The number of hydroxylamine groups is 2. The third-order valence-corrected chi connectivity index (χ3v) is 2.60. The molecule has 0 aliphatic carbocycles. The van der Waals surface area contributed by atoms with Gasteiger partial charge < -0.3 is 4.84 Å². The van der Waals surface area contributed by atoms with Crippen LogP contribution in [0.3, 0.4) is 0 Å². The van der Waals surface area contributed by atoms with Gasteiger partial charge in [0.1, 0.15) is 0 Å². The lowest BCUT2D eigenvalue weighted by Crippen LogP contribution is -2.32. The van der Waals surface area contributed by atoms with E-state index in [1.54, 1.807) is 23.3 Å². The Balaban J connectivity index is 2.10. The normalized spacial score (nSPS) is 17.0. The van der Waals surface area contributed by atoms with Crippen LogP contribution in [0.15, 0.2) is 24.3 Å². The van der Waals surface area contributed by atoms with Crippen LogP contribution in [-0.2, 0) is 0 Å². The van der Waals surface area contributed by atoms with E-state index in [1.165, 1.54) is 12.5 Å². The first-order chi connectivity index (χ1) is 7.77. The van der Waals surface area contributed by atoms with E-state index in [2.05, 4.69) is 0 Å². The second-order valence-corrected chi connectivity index (χ2v) is 3.81. The van der Waals surface area contributed by atoms with Crippen molar-refractivity contribution >= 4 is 5.69 Å². The fourth-order valence-electron chi connectivity index (χ4n) is 1.78. The molecule has 0 bridgehead atoms. The molecule has 1 fully saturated rings. The molecule has 0 radical (unpaired) electrons. The Labute approximate surface area is 93.7 Å². The summed E-state index contributed by atoms with van der Waals surface area (Å²) >= 11 is 0. The molecule has 0 aromatic heterocycles. The van der Waals surface area contributed by atoms with Crippen LogP contribution in [0.2, 0.25) is 0 Å². The highest BCUT2D eigenvalue weighted by atomic mass is 16.7. The van der Waals surface area contributed by atoms with Crippen molar-refractivity contribution in [3.8, 4) is 5.75 Å². The first kappa shape index (κ1) is 10.9. The van der Waals surface area contributed by atoms with Crippen molar-refractivity contribution in [1.29, 1.82) is 0 Å². The number of piperidine rings is 1. The Morgan fingerprint density at radius 1 is 1.19 bits per heavy atom. The van der Waals surface area contributed by atoms with Crippen LogP contribution in [0.4, 0.5) is 5.69 Å². The topological polar surface area (TPSA) is 55.6 Å². The summed E-state index contributed by atoms with van der Waals surface area (Å²) in [6.45, 7) is 1.68. The zero-order valence-electron chi connectivity index (χ0n) is 8.96. The number of hydrogen-bond acceptors (Lipinski definition) is 4. The average Bonchev–Trinajstić information content (AvgIpc) is 2.31. The molecule has 1 aliphatic rings. The molecule has 0 spiro atoms. The molecule has 1 saturated heterocycles. The lowest BCUT2D eigenvalue weighted by atomic mass is 10.2. The average molecular weight is 222 g/mol. The summed E-state index contributed by atoms with van der Waals surface area (Å²) in [5.74, 6) is 0.328. The highest BCUT2D eigenvalue weighted by molar-refractivity contribution is 5.45. The fourth-order valence-corrected chi connectivity index (χ4v) is 1.78. The van der Waals surface area contributed by atoms with E-state index < -0.39 is 4.92 Å². The lowest BCUT2D eigenvalue weighted by molar-refractivity contribution is -0.387. The van der Waals surface area contributed by atoms with Gasteiger partial charge in [-0.3, -0.25) is 10.1 Å². The minimum Gasteiger partial charge on any atom is -0.399 e. The molecule has 0 amide bonds. The van der Waals surface area contributed by atoms with E-state index in [1.807, 2.05) is 0 Å². The van der Waals surface area contributed by atoms with Gasteiger partial charge in [-0.15, -0.1) is 5.06 Å². The largest absolute Gasteiger partial charge is 0.399 e.